The molecule has 0 radical (unpaired) electrons. The molecule has 6 heteroatoms. The summed E-state index contributed by atoms with van der Waals surface area (Å²) >= 11 is 0. The van der Waals surface area contributed by atoms with Gasteiger partial charge in [0, 0.05) is 56.8 Å². The third kappa shape index (κ3) is 4.13. The molecule has 1 aliphatic carbocycles. The minimum Gasteiger partial charge on any atom is -0.392 e. The third-order valence-electron chi connectivity index (χ3n) is 6.19. The molecule has 1 spiro atoms. The summed E-state index contributed by atoms with van der Waals surface area (Å²) in [5, 5.41) is 10.4. The van der Waals surface area contributed by atoms with Gasteiger partial charge in [0.2, 0.25) is 0 Å². The van der Waals surface area contributed by atoms with E-state index in [4.69, 9.17) is 4.74 Å². The van der Waals surface area contributed by atoms with E-state index in [1.54, 1.807) is 0 Å². The molecule has 1 aromatic carbocycles. The standard InChI is InChI=1S/C21H33N3O3/c1-22(2)12-13-27-19-15-18(25)21(19)8-10-24(11-9-21)20(26)16-6-5-7-17(14-16)23(3)4/h5-7,14,18-19,25H,8-13,15H2,1-4H3/t18-,19+/m1/s1. The van der Waals surface area contributed by atoms with Gasteiger partial charge in [0.1, 0.15) is 0 Å². The maximum atomic E-state index is 12.9. The van der Waals surface area contributed by atoms with Crippen LogP contribution in [-0.4, -0.2) is 87.5 Å². The Labute approximate surface area is 162 Å². The Kier molecular flexibility index (Phi) is 6.08. The van der Waals surface area contributed by atoms with E-state index in [9.17, 15) is 9.90 Å². The van der Waals surface area contributed by atoms with Crippen LogP contribution in [0.4, 0.5) is 5.69 Å². The predicted octanol–water partition coefficient (Wildman–Crippen LogP) is 1.69. The molecule has 1 heterocycles. The number of amides is 1. The molecular formula is C21H33N3O3. The number of piperidine rings is 1. The molecule has 150 valence electrons. The topological polar surface area (TPSA) is 56.3 Å². The molecule has 2 aliphatic rings. The summed E-state index contributed by atoms with van der Waals surface area (Å²) in [4.78, 5) is 18.9. The summed E-state index contributed by atoms with van der Waals surface area (Å²) in [6.07, 6.45) is 2.13. The van der Waals surface area contributed by atoms with E-state index >= 15 is 0 Å². The van der Waals surface area contributed by atoms with Crippen LogP contribution in [0.5, 0.6) is 0 Å². The van der Waals surface area contributed by atoms with E-state index < -0.39 is 0 Å². The summed E-state index contributed by atoms with van der Waals surface area (Å²) in [7, 11) is 8.01. The molecule has 1 saturated heterocycles. The van der Waals surface area contributed by atoms with Crippen LogP contribution in [0.1, 0.15) is 29.6 Å². The van der Waals surface area contributed by atoms with E-state index in [-0.39, 0.29) is 23.5 Å². The number of anilines is 1. The fraction of sp³-hybridized carbons (Fsp3) is 0.667. The molecular weight excluding hydrogens is 342 g/mol. The molecule has 2 fully saturated rings. The van der Waals surface area contributed by atoms with E-state index in [1.165, 1.54) is 0 Å². The summed E-state index contributed by atoms with van der Waals surface area (Å²) < 4.78 is 6.06. The van der Waals surface area contributed by atoms with Crippen LogP contribution >= 0.6 is 0 Å². The minimum absolute atomic E-state index is 0.0763. The highest BCUT2D eigenvalue weighted by Crippen LogP contribution is 2.51. The van der Waals surface area contributed by atoms with Crippen molar-refractivity contribution in [2.24, 2.45) is 5.41 Å². The lowest BCUT2D eigenvalue weighted by Gasteiger charge is -2.56. The highest BCUT2D eigenvalue weighted by Gasteiger charge is 2.56. The number of hydrogen-bond acceptors (Lipinski definition) is 5. The summed E-state index contributed by atoms with van der Waals surface area (Å²) in [6, 6.07) is 7.75. The summed E-state index contributed by atoms with van der Waals surface area (Å²) in [5.41, 5.74) is 1.58. The van der Waals surface area contributed by atoms with Crippen molar-refractivity contribution in [3.8, 4) is 0 Å². The predicted molar refractivity (Wildman–Crippen MR) is 107 cm³/mol. The monoisotopic (exact) mass is 375 g/mol. The largest absolute Gasteiger partial charge is 0.392 e. The lowest BCUT2D eigenvalue weighted by molar-refractivity contribution is -0.209. The zero-order valence-electron chi connectivity index (χ0n) is 17.0. The van der Waals surface area contributed by atoms with Gasteiger partial charge in [0.25, 0.3) is 5.91 Å². The second-order valence-electron chi connectivity index (χ2n) is 8.38. The van der Waals surface area contributed by atoms with E-state index in [1.807, 2.05) is 62.3 Å². The Hall–Kier alpha value is -1.63. The number of benzene rings is 1. The van der Waals surface area contributed by atoms with E-state index in [0.717, 1.165) is 30.6 Å². The summed E-state index contributed by atoms with van der Waals surface area (Å²) in [6.45, 7) is 2.92. The first-order valence-corrected chi connectivity index (χ1v) is 9.84. The number of nitrogens with zero attached hydrogens (tertiary/aromatic N) is 3. The van der Waals surface area contributed by atoms with Gasteiger partial charge in [-0.05, 0) is 45.1 Å². The maximum Gasteiger partial charge on any atom is 0.253 e. The first-order chi connectivity index (χ1) is 12.8. The fourth-order valence-electron chi connectivity index (χ4n) is 4.22. The van der Waals surface area contributed by atoms with Gasteiger partial charge in [-0.2, -0.15) is 0 Å². The number of aliphatic hydroxyl groups excluding tert-OH is 1. The highest BCUT2D eigenvalue weighted by molar-refractivity contribution is 5.95. The van der Waals surface area contributed by atoms with Gasteiger partial charge in [0.15, 0.2) is 0 Å². The normalized spacial score (nSPS) is 24.1. The molecule has 27 heavy (non-hydrogen) atoms. The quantitative estimate of drug-likeness (QED) is 0.820. The molecule has 0 aromatic heterocycles. The van der Waals surface area contributed by atoms with Crippen molar-refractivity contribution in [1.82, 2.24) is 9.80 Å². The van der Waals surface area contributed by atoms with Crippen LogP contribution in [0.15, 0.2) is 24.3 Å². The minimum atomic E-state index is -0.309. The molecule has 1 saturated carbocycles. The van der Waals surface area contributed by atoms with Crippen LogP contribution in [-0.2, 0) is 4.74 Å². The highest BCUT2D eigenvalue weighted by atomic mass is 16.5. The number of likely N-dealkylation sites (N-methyl/N-ethyl adjacent to an activating group) is 1. The average Bonchev–Trinajstić information content (AvgIpc) is 2.66. The van der Waals surface area contributed by atoms with Crippen molar-refractivity contribution < 1.29 is 14.6 Å². The summed E-state index contributed by atoms with van der Waals surface area (Å²) in [5.74, 6) is 0.0763. The van der Waals surface area contributed by atoms with Crippen molar-refractivity contribution in [1.29, 1.82) is 0 Å². The van der Waals surface area contributed by atoms with Gasteiger partial charge >= 0.3 is 0 Å². The van der Waals surface area contributed by atoms with Crippen molar-refractivity contribution in [2.75, 3.05) is 59.3 Å². The maximum absolute atomic E-state index is 12.9. The number of carbonyl (C=O) groups is 1. The molecule has 1 aliphatic heterocycles. The van der Waals surface area contributed by atoms with Gasteiger partial charge in [-0.25, -0.2) is 0 Å². The Morgan fingerprint density at radius 3 is 2.56 bits per heavy atom. The van der Waals surface area contributed by atoms with Crippen LogP contribution in [0.25, 0.3) is 0 Å². The number of likely N-dealkylation sites (tertiary alicyclic amines) is 1. The Morgan fingerprint density at radius 1 is 1.26 bits per heavy atom. The zero-order valence-corrected chi connectivity index (χ0v) is 17.0. The number of rotatable bonds is 6. The number of aliphatic hydroxyl groups is 1. The van der Waals surface area contributed by atoms with Gasteiger partial charge < -0.3 is 24.5 Å². The smallest absolute Gasteiger partial charge is 0.253 e. The van der Waals surface area contributed by atoms with E-state index in [2.05, 4.69) is 4.90 Å². The molecule has 6 nitrogen and oxygen atoms in total. The molecule has 2 atom stereocenters. The van der Waals surface area contributed by atoms with Crippen molar-refractivity contribution >= 4 is 11.6 Å². The Bertz CT molecular complexity index is 654. The fourth-order valence-corrected chi connectivity index (χ4v) is 4.22. The average molecular weight is 376 g/mol. The van der Waals surface area contributed by atoms with Gasteiger partial charge in [-0.3, -0.25) is 4.79 Å². The molecule has 1 amide bonds. The lowest BCUT2D eigenvalue weighted by atomic mass is 9.58. The SMILES string of the molecule is CN(C)CCO[C@H]1C[C@@H](O)C12CCN(C(=O)c1cccc(N(C)C)c1)CC2. The van der Waals surface area contributed by atoms with Gasteiger partial charge in [-0.1, -0.05) is 6.07 Å². The van der Waals surface area contributed by atoms with Gasteiger partial charge in [-0.15, -0.1) is 0 Å². The van der Waals surface area contributed by atoms with Crippen LogP contribution in [0, 0.1) is 5.41 Å². The first-order valence-electron chi connectivity index (χ1n) is 9.84. The zero-order chi connectivity index (χ0) is 19.6. The second-order valence-corrected chi connectivity index (χ2v) is 8.38. The molecule has 3 rings (SSSR count). The number of hydrogen-bond donors (Lipinski definition) is 1. The second kappa shape index (κ2) is 8.17. The molecule has 1 aromatic rings. The molecule has 1 N–H and O–H groups in total. The molecule has 0 bridgehead atoms. The van der Waals surface area contributed by atoms with Crippen molar-refractivity contribution in [3.63, 3.8) is 0 Å². The Balaban J connectivity index is 1.59. The Morgan fingerprint density at radius 2 is 1.96 bits per heavy atom. The first kappa shape index (κ1) is 20.1. The van der Waals surface area contributed by atoms with Crippen molar-refractivity contribution in [3.05, 3.63) is 29.8 Å². The van der Waals surface area contributed by atoms with Crippen LogP contribution < -0.4 is 4.90 Å². The van der Waals surface area contributed by atoms with Crippen LogP contribution in [0.2, 0.25) is 0 Å². The third-order valence-corrected chi connectivity index (χ3v) is 6.19. The number of carbonyl (C=O) groups excluding carboxylic acids is 1. The molecule has 0 unspecified atom stereocenters. The number of ether oxygens (including phenoxy) is 1. The lowest BCUT2D eigenvalue weighted by Crippen LogP contribution is -2.63. The van der Waals surface area contributed by atoms with Crippen molar-refractivity contribution in [2.45, 2.75) is 31.5 Å². The van der Waals surface area contributed by atoms with Crippen LogP contribution in [0.3, 0.4) is 0 Å². The van der Waals surface area contributed by atoms with E-state index in [0.29, 0.717) is 26.1 Å². The van der Waals surface area contributed by atoms with Gasteiger partial charge in [0.05, 0.1) is 18.8 Å².